The fraction of sp³-hybridized carbons (Fsp3) is 0.250. The van der Waals surface area contributed by atoms with E-state index >= 15 is 0 Å². The van der Waals surface area contributed by atoms with Crippen LogP contribution in [0.15, 0.2) is 42.5 Å². The summed E-state index contributed by atoms with van der Waals surface area (Å²) < 4.78 is 10.5. The maximum absolute atomic E-state index is 6.45. The summed E-state index contributed by atoms with van der Waals surface area (Å²) in [4.78, 5) is 0. The van der Waals surface area contributed by atoms with E-state index in [2.05, 4.69) is 0 Å². The number of alkyl halides is 1. The van der Waals surface area contributed by atoms with Crippen molar-refractivity contribution in [1.82, 2.24) is 0 Å². The number of hydrogen-bond acceptors (Lipinski definition) is 2. The van der Waals surface area contributed by atoms with Gasteiger partial charge in [0.15, 0.2) is 11.5 Å². The Labute approximate surface area is 129 Å². The lowest BCUT2D eigenvalue weighted by atomic mass is 10.0. The monoisotopic (exact) mass is 310 g/mol. The zero-order valence-electron chi connectivity index (χ0n) is 11.4. The van der Waals surface area contributed by atoms with E-state index in [0.717, 1.165) is 11.1 Å². The maximum Gasteiger partial charge on any atom is 0.160 e. The molecule has 2 rings (SSSR count). The molecule has 0 bridgehead atoms. The number of halogens is 2. The minimum absolute atomic E-state index is 0.133. The quantitative estimate of drug-likeness (QED) is 0.733. The molecule has 0 N–H and O–H groups in total. The highest BCUT2D eigenvalue weighted by Crippen LogP contribution is 2.32. The first-order valence-electron chi connectivity index (χ1n) is 6.24. The molecule has 2 aromatic rings. The summed E-state index contributed by atoms with van der Waals surface area (Å²) in [5.41, 5.74) is 2.09. The first kappa shape index (κ1) is 15.0. The summed E-state index contributed by atoms with van der Waals surface area (Å²) in [6.07, 6.45) is 0.697. The fourth-order valence-electron chi connectivity index (χ4n) is 2.03. The number of ether oxygens (including phenoxy) is 2. The summed E-state index contributed by atoms with van der Waals surface area (Å²) in [6.45, 7) is 0. The van der Waals surface area contributed by atoms with Gasteiger partial charge in [0.05, 0.1) is 19.6 Å². The molecule has 2 aromatic carbocycles. The van der Waals surface area contributed by atoms with Gasteiger partial charge in [0, 0.05) is 5.02 Å². The molecule has 20 heavy (non-hydrogen) atoms. The Morgan fingerprint density at radius 3 is 2.40 bits per heavy atom. The minimum Gasteiger partial charge on any atom is -0.493 e. The zero-order chi connectivity index (χ0) is 14.5. The van der Waals surface area contributed by atoms with E-state index in [9.17, 15) is 0 Å². The zero-order valence-corrected chi connectivity index (χ0v) is 12.9. The molecule has 4 heteroatoms. The Morgan fingerprint density at radius 2 is 1.75 bits per heavy atom. The van der Waals surface area contributed by atoms with Crippen molar-refractivity contribution in [3.63, 3.8) is 0 Å². The molecule has 1 unspecified atom stereocenters. The van der Waals surface area contributed by atoms with Crippen molar-refractivity contribution in [3.8, 4) is 11.5 Å². The van der Waals surface area contributed by atoms with Crippen LogP contribution in [0.1, 0.15) is 16.5 Å². The van der Waals surface area contributed by atoms with E-state index in [1.807, 2.05) is 42.5 Å². The van der Waals surface area contributed by atoms with Gasteiger partial charge >= 0.3 is 0 Å². The van der Waals surface area contributed by atoms with Crippen LogP contribution in [-0.2, 0) is 6.42 Å². The van der Waals surface area contributed by atoms with E-state index in [1.54, 1.807) is 14.2 Å². The molecule has 0 heterocycles. The third-order valence-electron chi connectivity index (χ3n) is 3.07. The molecule has 0 saturated heterocycles. The Morgan fingerprint density at radius 1 is 1.00 bits per heavy atom. The van der Waals surface area contributed by atoms with Crippen molar-refractivity contribution in [2.24, 2.45) is 0 Å². The Bertz CT molecular complexity index is 584. The third-order valence-corrected chi connectivity index (χ3v) is 3.71. The van der Waals surface area contributed by atoms with Gasteiger partial charge in [-0.25, -0.2) is 0 Å². The number of hydrogen-bond donors (Lipinski definition) is 0. The molecule has 2 nitrogen and oxygen atoms in total. The molecular weight excluding hydrogens is 295 g/mol. The molecule has 0 aromatic heterocycles. The van der Waals surface area contributed by atoms with E-state index in [-0.39, 0.29) is 5.38 Å². The van der Waals surface area contributed by atoms with Crippen LogP contribution < -0.4 is 9.47 Å². The lowest BCUT2D eigenvalue weighted by Gasteiger charge is -2.13. The second-order valence-corrected chi connectivity index (χ2v) is 5.38. The first-order valence-corrected chi connectivity index (χ1v) is 7.06. The smallest absolute Gasteiger partial charge is 0.160 e. The summed E-state index contributed by atoms with van der Waals surface area (Å²) in [7, 11) is 3.24. The van der Waals surface area contributed by atoms with Crippen LogP contribution in [0.4, 0.5) is 0 Å². The molecule has 0 amide bonds. The maximum atomic E-state index is 6.45. The normalized spacial score (nSPS) is 12.0. The summed E-state index contributed by atoms with van der Waals surface area (Å²) in [6, 6.07) is 13.4. The van der Waals surface area contributed by atoms with Crippen LogP contribution in [0, 0.1) is 0 Å². The second kappa shape index (κ2) is 6.87. The van der Waals surface area contributed by atoms with Gasteiger partial charge in [-0.1, -0.05) is 29.8 Å². The van der Waals surface area contributed by atoms with Crippen molar-refractivity contribution in [2.75, 3.05) is 14.2 Å². The molecular formula is C16H16Cl2O2. The van der Waals surface area contributed by atoms with Crippen LogP contribution in [0.25, 0.3) is 0 Å². The minimum atomic E-state index is -0.133. The molecule has 0 spiro atoms. The van der Waals surface area contributed by atoms with Gasteiger partial charge in [0.1, 0.15) is 0 Å². The van der Waals surface area contributed by atoms with E-state index < -0.39 is 0 Å². The van der Waals surface area contributed by atoms with Gasteiger partial charge < -0.3 is 9.47 Å². The lowest BCUT2D eigenvalue weighted by molar-refractivity contribution is 0.354. The van der Waals surface area contributed by atoms with Crippen molar-refractivity contribution < 1.29 is 9.47 Å². The highest BCUT2D eigenvalue weighted by molar-refractivity contribution is 6.30. The van der Waals surface area contributed by atoms with Crippen molar-refractivity contribution >= 4 is 23.2 Å². The summed E-state index contributed by atoms with van der Waals surface area (Å²) >= 11 is 12.4. The standard InChI is InChI=1S/C16H16Cl2O2/c1-19-15-7-6-11(9-16(15)20-2)8-14(18)12-4-3-5-13(17)10-12/h3-7,9-10,14H,8H2,1-2H3. The van der Waals surface area contributed by atoms with Gasteiger partial charge in [0.2, 0.25) is 0 Å². The van der Waals surface area contributed by atoms with Gasteiger partial charge in [-0.2, -0.15) is 0 Å². The third kappa shape index (κ3) is 3.59. The van der Waals surface area contributed by atoms with Crippen LogP contribution in [0.3, 0.4) is 0 Å². The van der Waals surface area contributed by atoms with Gasteiger partial charge in [0.25, 0.3) is 0 Å². The molecule has 0 aliphatic carbocycles. The van der Waals surface area contributed by atoms with Crippen LogP contribution in [0.2, 0.25) is 5.02 Å². The number of rotatable bonds is 5. The van der Waals surface area contributed by atoms with Crippen LogP contribution in [0.5, 0.6) is 11.5 Å². The summed E-state index contributed by atoms with van der Waals surface area (Å²) in [5, 5.41) is 0.562. The Kier molecular flexibility index (Phi) is 5.16. The Balaban J connectivity index is 2.17. The SMILES string of the molecule is COc1ccc(CC(Cl)c2cccc(Cl)c2)cc1OC. The van der Waals surface area contributed by atoms with Crippen LogP contribution >= 0.6 is 23.2 Å². The largest absolute Gasteiger partial charge is 0.493 e. The summed E-state index contributed by atoms with van der Waals surface area (Å²) in [5.74, 6) is 1.42. The number of benzene rings is 2. The predicted octanol–water partition coefficient (Wildman–Crippen LogP) is 4.88. The molecule has 0 aliphatic heterocycles. The molecule has 0 aliphatic rings. The van der Waals surface area contributed by atoms with Crippen molar-refractivity contribution in [2.45, 2.75) is 11.8 Å². The first-order chi connectivity index (χ1) is 9.63. The molecule has 0 fully saturated rings. The lowest BCUT2D eigenvalue weighted by Crippen LogP contribution is -1.98. The predicted molar refractivity (Wildman–Crippen MR) is 83.3 cm³/mol. The second-order valence-electron chi connectivity index (χ2n) is 4.42. The van der Waals surface area contributed by atoms with Crippen molar-refractivity contribution in [3.05, 3.63) is 58.6 Å². The number of methoxy groups -OCH3 is 2. The highest BCUT2D eigenvalue weighted by Gasteiger charge is 2.11. The Hall–Kier alpha value is -1.38. The molecule has 106 valence electrons. The topological polar surface area (TPSA) is 18.5 Å². The average Bonchev–Trinajstić information content (AvgIpc) is 2.47. The average molecular weight is 311 g/mol. The van der Waals surface area contributed by atoms with E-state index in [4.69, 9.17) is 32.7 Å². The molecule has 1 atom stereocenters. The molecule has 0 saturated carbocycles. The van der Waals surface area contributed by atoms with E-state index in [0.29, 0.717) is 22.9 Å². The van der Waals surface area contributed by atoms with Crippen LogP contribution in [-0.4, -0.2) is 14.2 Å². The van der Waals surface area contributed by atoms with Gasteiger partial charge in [-0.05, 0) is 41.8 Å². The van der Waals surface area contributed by atoms with E-state index in [1.165, 1.54) is 0 Å². The van der Waals surface area contributed by atoms with Crippen molar-refractivity contribution in [1.29, 1.82) is 0 Å². The van der Waals surface area contributed by atoms with Gasteiger partial charge in [-0.15, -0.1) is 11.6 Å². The van der Waals surface area contributed by atoms with Gasteiger partial charge in [-0.3, -0.25) is 0 Å². The molecule has 0 radical (unpaired) electrons. The fourth-order valence-corrected chi connectivity index (χ4v) is 2.55. The highest BCUT2D eigenvalue weighted by atomic mass is 35.5.